The van der Waals surface area contributed by atoms with Crippen LogP contribution in [0.5, 0.6) is 0 Å². The molecule has 0 saturated carbocycles. The Morgan fingerprint density at radius 3 is 1.68 bits per heavy atom. The minimum Gasteiger partial charge on any atom is -0.372 e. The van der Waals surface area contributed by atoms with Gasteiger partial charge in [0.05, 0.1) is 0 Å². The molecule has 116 valence electrons. The lowest BCUT2D eigenvalue weighted by Gasteiger charge is -2.31. The number of nitrogens with one attached hydrogen (secondary N) is 1. The van der Waals surface area contributed by atoms with Gasteiger partial charge in [-0.05, 0) is 11.1 Å². The Balaban J connectivity index is 0.00000242. The Hall–Kier alpha value is -1.97. The van der Waals surface area contributed by atoms with Crippen molar-refractivity contribution in [2.75, 3.05) is 0 Å². The molecule has 7 heteroatoms. The van der Waals surface area contributed by atoms with Crippen LogP contribution in [0, 0.1) is 5.41 Å². The van der Waals surface area contributed by atoms with Crippen molar-refractivity contribution < 1.29 is 9.90 Å². The van der Waals surface area contributed by atoms with E-state index in [-0.39, 0.29) is 24.0 Å². The molecule has 0 aromatic heterocycles. The lowest BCUT2D eigenvalue weighted by molar-refractivity contribution is -0.144. The Labute approximate surface area is 145 Å². The van der Waals surface area contributed by atoms with Gasteiger partial charge in [-0.25, -0.2) is 10.9 Å². The number of hydrogen-bond acceptors (Lipinski definition) is 4. The number of rotatable bonds is 3. The number of nitrogens with zero attached hydrogens (tertiary/aromatic N) is 1. The number of amides is 1. The molecule has 0 heterocycles. The van der Waals surface area contributed by atoms with Gasteiger partial charge < -0.3 is 10.8 Å². The maximum atomic E-state index is 12.5. The van der Waals surface area contributed by atoms with Crippen molar-refractivity contribution in [1.82, 2.24) is 5.01 Å². The molecule has 0 radical (unpaired) electrons. The van der Waals surface area contributed by atoms with Crippen LogP contribution in [-0.2, 0) is 10.4 Å². The van der Waals surface area contributed by atoms with Crippen LogP contribution in [0.3, 0.4) is 0 Å². The number of benzene rings is 2. The smallest absolute Gasteiger partial charge is 0.285 e. The van der Waals surface area contributed by atoms with Crippen molar-refractivity contribution in [1.29, 1.82) is 5.41 Å². The molecule has 0 fully saturated rings. The predicted molar refractivity (Wildman–Crippen MR) is 94.2 cm³/mol. The van der Waals surface area contributed by atoms with Gasteiger partial charge in [0.25, 0.3) is 5.91 Å². The average Bonchev–Trinajstić information content (AvgIpc) is 2.54. The maximum absolute atomic E-state index is 12.5. The van der Waals surface area contributed by atoms with Crippen LogP contribution in [-0.4, -0.2) is 22.0 Å². The minimum atomic E-state index is -2.01. The summed E-state index contributed by atoms with van der Waals surface area (Å²) in [5, 5.41) is 18.7. The van der Waals surface area contributed by atoms with E-state index in [1.165, 1.54) is 0 Å². The molecule has 0 unspecified atom stereocenters. The van der Waals surface area contributed by atoms with E-state index in [0.717, 1.165) is 0 Å². The molecule has 0 aliphatic carbocycles. The molecular formula is C15H17IN4O2. The Morgan fingerprint density at radius 1 is 1.00 bits per heavy atom. The van der Waals surface area contributed by atoms with Crippen molar-refractivity contribution in [3.63, 3.8) is 0 Å². The summed E-state index contributed by atoms with van der Waals surface area (Å²) in [7, 11) is 0. The van der Waals surface area contributed by atoms with Crippen LogP contribution in [0.15, 0.2) is 60.7 Å². The van der Waals surface area contributed by atoms with Crippen LogP contribution in [0.4, 0.5) is 0 Å². The average molecular weight is 412 g/mol. The van der Waals surface area contributed by atoms with Gasteiger partial charge in [0.15, 0.2) is 5.60 Å². The number of nitrogens with two attached hydrogens (primary N) is 2. The zero-order valence-electron chi connectivity index (χ0n) is 11.6. The van der Waals surface area contributed by atoms with Crippen LogP contribution in [0.1, 0.15) is 11.1 Å². The predicted octanol–water partition coefficient (Wildman–Crippen LogP) is 1.14. The second-order valence-corrected chi connectivity index (χ2v) is 4.50. The fourth-order valence-corrected chi connectivity index (χ4v) is 2.06. The molecule has 2 aromatic rings. The molecule has 0 atom stereocenters. The third kappa shape index (κ3) is 3.26. The number of carbonyl (C=O) groups excluding carboxylic acids is 1. The number of hydrazine groups is 1. The minimum absolute atomic E-state index is 0. The summed E-state index contributed by atoms with van der Waals surface area (Å²) < 4.78 is 0. The molecule has 0 saturated heterocycles. The van der Waals surface area contributed by atoms with E-state index in [9.17, 15) is 9.90 Å². The first-order valence-corrected chi connectivity index (χ1v) is 6.24. The fourth-order valence-electron chi connectivity index (χ4n) is 2.06. The molecule has 0 spiro atoms. The van der Waals surface area contributed by atoms with Gasteiger partial charge in [-0.15, -0.1) is 24.0 Å². The van der Waals surface area contributed by atoms with Gasteiger partial charge in [0.2, 0.25) is 5.96 Å². The number of guanidine groups is 1. The number of hydrogen-bond donors (Lipinski definition) is 4. The molecule has 6 N–H and O–H groups in total. The number of carbonyl (C=O) groups is 1. The highest BCUT2D eigenvalue weighted by Gasteiger charge is 2.42. The van der Waals surface area contributed by atoms with Crippen LogP contribution >= 0.6 is 24.0 Å². The Morgan fingerprint density at radius 2 is 1.36 bits per heavy atom. The quantitative estimate of drug-likeness (QED) is 0.151. The summed E-state index contributed by atoms with van der Waals surface area (Å²) in [6.45, 7) is 0. The molecule has 6 nitrogen and oxygen atoms in total. The Bertz CT molecular complexity index is 610. The van der Waals surface area contributed by atoms with Gasteiger partial charge in [-0.2, -0.15) is 0 Å². The molecule has 1 amide bonds. The van der Waals surface area contributed by atoms with E-state index in [1.54, 1.807) is 60.7 Å². The largest absolute Gasteiger partial charge is 0.372 e. The number of halogens is 1. The van der Waals surface area contributed by atoms with Gasteiger partial charge in [0, 0.05) is 0 Å². The summed E-state index contributed by atoms with van der Waals surface area (Å²) >= 11 is 0. The summed E-state index contributed by atoms with van der Waals surface area (Å²) in [6, 6.07) is 16.8. The van der Waals surface area contributed by atoms with Crippen LogP contribution < -0.4 is 11.6 Å². The van der Waals surface area contributed by atoms with Gasteiger partial charge in [-0.3, -0.25) is 10.2 Å². The van der Waals surface area contributed by atoms with Crippen molar-refractivity contribution >= 4 is 35.8 Å². The normalized spacial score (nSPS) is 10.5. The molecular weight excluding hydrogens is 395 g/mol. The van der Waals surface area contributed by atoms with Crippen molar-refractivity contribution in [3.05, 3.63) is 71.8 Å². The zero-order chi connectivity index (χ0) is 15.5. The lowest BCUT2D eigenvalue weighted by Crippen LogP contribution is -2.55. The van der Waals surface area contributed by atoms with Gasteiger partial charge >= 0.3 is 0 Å². The summed E-state index contributed by atoms with van der Waals surface area (Å²) in [5.41, 5.74) is 3.92. The third-order valence-electron chi connectivity index (χ3n) is 3.17. The highest BCUT2D eigenvalue weighted by molar-refractivity contribution is 14.0. The van der Waals surface area contributed by atoms with E-state index >= 15 is 0 Å². The lowest BCUT2D eigenvalue weighted by atomic mass is 9.85. The van der Waals surface area contributed by atoms with Crippen molar-refractivity contribution in [2.24, 2.45) is 11.6 Å². The van der Waals surface area contributed by atoms with E-state index in [0.29, 0.717) is 16.1 Å². The van der Waals surface area contributed by atoms with Crippen LogP contribution in [0.25, 0.3) is 0 Å². The SMILES string of the molecule is I.N=C(N)N(N)C(=O)C(O)(c1ccccc1)c1ccccc1. The first kappa shape index (κ1) is 18.1. The topological polar surface area (TPSA) is 116 Å². The standard InChI is InChI=1S/C15H16N4O2.HI/c16-14(17)19(18)13(20)15(21,11-7-3-1-4-8-11)12-9-5-2-6-10-12;/h1-10,21H,18H2,(H3,16,17);1H. The zero-order valence-corrected chi connectivity index (χ0v) is 14.0. The molecule has 2 aromatic carbocycles. The number of aliphatic hydroxyl groups is 1. The maximum Gasteiger partial charge on any atom is 0.285 e. The molecule has 2 rings (SSSR count). The van der Waals surface area contributed by atoms with Crippen LogP contribution in [0.2, 0.25) is 0 Å². The molecule has 22 heavy (non-hydrogen) atoms. The first-order chi connectivity index (χ1) is 9.98. The van der Waals surface area contributed by atoms with E-state index in [1.807, 2.05) is 0 Å². The van der Waals surface area contributed by atoms with Gasteiger partial charge in [-0.1, -0.05) is 60.7 Å². The second kappa shape index (κ2) is 7.34. The van der Waals surface area contributed by atoms with E-state index in [2.05, 4.69) is 0 Å². The highest BCUT2D eigenvalue weighted by atomic mass is 127. The first-order valence-electron chi connectivity index (χ1n) is 6.24. The summed E-state index contributed by atoms with van der Waals surface area (Å²) in [6.07, 6.45) is 0. The van der Waals surface area contributed by atoms with Crippen molar-refractivity contribution in [2.45, 2.75) is 5.60 Å². The van der Waals surface area contributed by atoms with Gasteiger partial charge in [0.1, 0.15) is 0 Å². The molecule has 0 aliphatic heterocycles. The fraction of sp³-hybridized carbons (Fsp3) is 0.0667. The van der Waals surface area contributed by atoms with E-state index in [4.69, 9.17) is 17.0 Å². The summed E-state index contributed by atoms with van der Waals surface area (Å²) in [5.74, 6) is 3.95. The Kier molecular flexibility index (Phi) is 6.03. The summed E-state index contributed by atoms with van der Waals surface area (Å²) in [4.78, 5) is 12.5. The van der Waals surface area contributed by atoms with E-state index < -0.39 is 17.5 Å². The molecule has 0 bridgehead atoms. The van der Waals surface area contributed by atoms with Crippen molar-refractivity contribution in [3.8, 4) is 0 Å². The highest BCUT2D eigenvalue weighted by Crippen LogP contribution is 2.31. The molecule has 0 aliphatic rings. The monoisotopic (exact) mass is 412 g/mol. The third-order valence-corrected chi connectivity index (χ3v) is 3.17. The second-order valence-electron chi connectivity index (χ2n) is 4.50.